The number of benzene rings is 1. The van der Waals surface area contributed by atoms with E-state index in [0.29, 0.717) is 12.6 Å². The molecule has 0 fully saturated rings. The number of halogens is 1. The van der Waals surface area contributed by atoms with Crippen molar-refractivity contribution in [1.29, 1.82) is 0 Å². The van der Waals surface area contributed by atoms with Gasteiger partial charge in [0, 0.05) is 23.1 Å². The minimum absolute atomic E-state index is 0.0107. The second-order valence-corrected chi connectivity index (χ2v) is 5.81. The summed E-state index contributed by atoms with van der Waals surface area (Å²) in [5, 5.41) is 0.781. The minimum Gasteiger partial charge on any atom is -0.329 e. The van der Waals surface area contributed by atoms with Crippen molar-refractivity contribution < 1.29 is 0 Å². The maximum atomic E-state index is 6.01. The topological polar surface area (TPSA) is 29.3 Å². The van der Waals surface area contributed by atoms with Crippen molar-refractivity contribution in [2.24, 2.45) is 5.73 Å². The molecule has 0 aliphatic carbocycles. The Morgan fingerprint density at radius 2 is 1.89 bits per heavy atom. The van der Waals surface area contributed by atoms with E-state index in [2.05, 4.69) is 44.9 Å². The van der Waals surface area contributed by atoms with Crippen molar-refractivity contribution >= 4 is 11.6 Å². The van der Waals surface area contributed by atoms with Gasteiger partial charge in [0.05, 0.1) is 0 Å². The van der Waals surface area contributed by atoms with Crippen LogP contribution >= 0.6 is 11.6 Å². The fourth-order valence-electron chi connectivity index (χ4n) is 2.19. The van der Waals surface area contributed by atoms with Crippen LogP contribution in [0, 0.1) is 0 Å². The average molecular weight is 269 g/mol. The van der Waals surface area contributed by atoms with E-state index in [1.165, 1.54) is 5.56 Å². The standard InChI is InChI=1S/C15H25ClN2/c1-5-12(2)18(4)15(3,11-17)10-13-6-8-14(16)9-7-13/h6-9,12H,5,10-11,17H2,1-4H3. The number of likely N-dealkylation sites (N-methyl/N-ethyl adjacent to an activating group) is 1. The van der Waals surface area contributed by atoms with Crippen molar-refractivity contribution in [1.82, 2.24) is 4.90 Å². The predicted octanol–water partition coefficient (Wildman–Crippen LogP) is 3.33. The number of hydrogen-bond donors (Lipinski definition) is 1. The molecule has 1 aromatic carbocycles. The van der Waals surface area contributed by atoms with E-state index in [4.69, 9.17) is 17.3 Å². The molecule has 0 heterocycles. The molecule has 18 heavy (non-hydrogen) atoms. The first-order chi connectivity index (χ1) is 8.42. The van der Waals surface area contributed by atoms with Gasteiger partial charge in [-0.2, -0.15) is 0 Å². The summed E-state index contributed by atoms with van der Waals surface area (Å²) in [5.41, 5.74) is 7.28. The number of rotatable bonds is 6. The Morgan fingerprint density at radius 3 is 2.33 bits per heavy atom. The SMILES string of the molecule is CCC(C)N(C)C(C)(CN)Cc1ccc(Cl)cc1. The van der Waals surface area contributed by atoms with Crippen LogP contribution in [0.3, 0.4) is 0 Å². The van der Waals surface area contributed by atoms with Crippen LogP contribution < -0.4 is 5.73 Å². The van der Waals surface area contributed by atoms with Crippen LogP contribution in [0.2, 0.25) is 5.02 Å². The molecule has 102 valence electrons. The van der Waals surface area contributed by atoms with Gasteiger partial charge in [-0.05, 0) is 51.4 Å². The van der Waals surface area contributed by atoms with Crippen LogP contribution in [0.25, 0.3) is 0 Å². The molecule has 0 spiro atoms. The highest BCUT2D eigenvalue weighted by Gasteiger charge is 2.30. The van der Waals surface area contributed by atoms with Gasteiger partial charge in [-0.1, -0.05) is 30.7 Å². The Balaban J connectivity index is 2.85. The molecule has 0 saturated heterocycles. The fourth-order valence-corrected chi connectivity index (χ4v) is 2.31. The molecule has 2 unspecified atom stereocenters. The largest absolute Gasteiger partial charge is 0.329 e. The molecule has 0 radical (unpaired) electrons. The zero-order valence-corrected chi connectivity index (χ0v) is 12.7. The number of hydrogen-bond acceptors (Lipinski definition) is 2. The Bertz CT molecular complexity index is 363. The van der Waals surface area contributed by atoms with Crippen molar-refractivity contribution in [2.75, 3.05) is 13.6 Å². The van der Waals surface area contributed by atoms with Crippen molar-refractivity contribution in [2.45, 2.75) is 45.2 Å². The predicted molar refractivity (Wildman–Crippen MR) is 80.1 cm³/mol. The summed E-state index contributed by atoms with van der Waals surface area (Å²) in [6, 6.07) is 8.58. The van der Waals surface area contributed by atoms with Crippen LogP contribution in [-0.4, -0.2) is 30.1 Å². The highest BCUT2D eigenvalue weighted by atomic mass is 35.5. The molecule has 2 atom stereocenters. The van der Waals surface area contributed by atoms with E-state index in [1.54, 1.807) is 0 Å². The van der Waals surface area contributed by atoms with Gasteiger partial charge in [0.15, 0.2) is 0 Å². The molecule has 0 aromatic heterocycles. The Hall–Kier alpha value is -0.570. The highest BCUT2D eigenvalue weighted by Crippen LogP contribution is 2.22. The van der Waals surface area contributed by atoms with Gasteiger partial charge in [0.2, 0.25) is 0 Å². The van der Waals surface area contributed by atoms with Crippen LogP contribution in [0.4, 0.5) is 0 Å². The second kappa shape index (κ2) is 6.55. The second-order valence-electron chi connectivity index (χ2n) is 5.37. The number of nitrogens with zero attached hydrogens (tertiary/aromatic N) is 1. The summed E-state index contributed by atoms with van der Waals surface area (Å²) >= 11 is 5.92. The van der Waals surface area contributed by atoms with Crippen LogP contribution in [0.5, 0.6) is 0 Å². The molecular formula is C15H25ClN2. The molecule has 1 aromatic rings. The molecule has 2 nitrogen and oxygen atoms in total. The van der Waals surface area contributed by atoms with Crippen molar-refractivity contribution in [3.8, 4) is 0 Å². The van der Waals surface area contributed by atoms with E-state index in [0.717, 1.165) is 17.9 Å². The smallest absolute Gasteiger partial charge is 0.0406 e. The quantitative estimate of drug-likeness (QED) is 0.858. The highest BCUT2D eigenvalue weighted by molar-refractivity contribution is 6.30. The monoisotopic (exact) mass is 268 g/mol. The van der Waals surface area contributed by atoms with Gasteiger partial charge in [-0.15, -0.1) is 0 Å². The van der Waals surface area contributed by atoms with Gasteiger partial charge in [0.25, 0.3) is 0 Å². The Morgan fingerprint density at radius 1 is 1.33 bits per heavy atom. The third-order valence-electron chi connectivity index (χ3n) is 4.04. The molecule has 0 aliphatic rings. The molecule has 1 rings (SSSR count). The first-order valence-electron chi connectivity index (χ1n) is 6.60. The van der Waals surface area contributed by atoms with E-state index in [-0.39, 0.29) is 5.54 Å². The van der Waals surface area contributed by atoms with Gasteiger partial charge >= 0.3 is 0 Å². The van der Waals surface area contributed by atoms with Crippen LogP contribution in [0.1, 0.15) is 32.8 Å². The van der Waals surface area contributed by atoms with E-state index >= 15 is 0 Å². The summed E-state index contributed by atoms with van der Waals surface area (Å²) in [7, 11) is 2.16. The summed E-state index contributed by atoms with van der Waals surface area (Å²) < 4.78 is 0. The Labute approximate surface area is 116 Å². The van der Waals surface area contributed by atoms with Gasteiger partial charge in [-0.3, -0.25) is 4.90 Å². The molecular weight excluding hydrogens is 244 g/mol. The minimum atomic E-state index is -0.0107. The van der Waals surface area contributed by atoms with Crippen molar-refractivity contribution in [3.63, 3.8) is 0 Å². The van der Waals surface area contributed by atoms with Gasteiger partial charge in [0.1, 0.15) is 0 Å². The summed E-state index contributed by atoms with van der Waals surface area (Å²) in [5.74, 6) is 0. The molecule has 0 saturated carbocycles. The zero-order valence-electron chi connectivity index (χ0n) is 11.9. The lowest BCUT2D eigenvalue weighted by Crippen LogP contribution is -2.54. The first kappa shape index (κ1) is 15.5. The normalized spacial score (nSPS) is 16.6. The summed E-state index contributed by atoms with van der Waals surface area (Å²) in [4.78, 5) is 2.39. The van der Waals surface area contributed by atoms with Crippen LogP contribution in [-0.2, 0) is 6.42 Å². The molecule has 3 heteroatoms. The maximum Gasteiger partial charge on any atom is 0.0406 e. The Kier molecular flexibility index (Phi) is 5.64. The van der Waals surface area contributed by atoms with E-state index < -0.39 is 0 Å². The van der Waals surface area contributed by atoms with E-state index in [1.807, 2.05) is 12.1 Å². The summed E-state index contributed by atoms with van der Waals surface area (Å²) in [6.45, 7) is 7.33. The van der Waals surface area contributed by atoms with Crippen molar-refractivity contribution in [3.05, 3.63) is 34.9 Å². The lowest BCUT2D eigenvalue weighted by atomic mass is 9.90. The van der Waals surface area contributed by atoms with E-state index in [9.17, 15) is 0 Å². The molecule has 0 aliphatic heterocycles. The van der Waals surface area contributed by atoms with Gasteiger partial charge < -0.3 is 5.73 Å². The first-order valence-corrected chi connectivity index (χ1v) is 6.98. The van der Waals surface area contributed by atoms with Gasteiger partial charge in [-0.25, -0.2) is 0 Å². The molecule has 2 N–H and O–H groups in total. The average Bonchev–Trinajstić information content (AvgIpc) is 2.39. The third-order valence-corrected chi connectivity index (χ3v) is 4.29. The zero-order chi connectivity index (χ0) is 13.8. The lowest BCUT2D eigenvalue weighted by Gasteiger charge is -2.42. The lowest BCUT2D eigenvalue weighted by molar-refractivity contribution is 0.0980. The molecule has 0 amide bonds. The number of nitrogens with two attached hydrogens (primary N) is 1. The molecule has 0 bridgehead atoms. The summed E-state index contributed by atoms with van der Waals surface area (Å²) in [6.07, 6.45) is 2.08. The third kappa shape index (κ3) is 3.71. The fraction of sp³-hybridized carbons (Fsp3) is 0.600. The maximum absolute atomic E-state index is 6.01. The van der Waals surface area contributed by atoms with Crippen LogP contribution in [0.15, 0.2) is 24.3 Å².